The standard InChI is InChI=1S/C25H23N3O3/c1-16(29)26-18-12-14-19(15-13-18)27-24(30)22-20-10-6-7-11-21(20)25(31)28(2)23(22)17-8-4-3-5-9-17/h3-15,22-23H,1-2H3,(H,26,29)(H,27,30)/t22-,23+/m0/s1. The molecule has 3 aromatic carbocycles. The molecule has 4 rings (SSSR count). The van der Waals surface area contributed by atoms with Gasteiger partial charge in [-0.25, -0.2) is 0 Å². The van der Waals surface area contributed by atoms with E-state index in [0.717, 1.165) is 5.56 Å². The van der Waals surface area contributed by atoms with Gasteiger partial charge < -0.3 is 15.5 Å². The third kappa shape index (κ3) is 4.05. The van der Waals surface area contributed by atoms with Crippen molar-refractivity contribution in [3.8, 4) is 0 Å². The van der Waals surface area contributed by atoms with Crippen LogP contribution in [0.25, 0.3) is 0 Å². The van der Waals surface area contributed by atoms with Crippen LogP contribution in [-0.2, 0) is 9.59 Å². The van der Waals surface area contributed by atoms with Crippen LogP contribution < -0.4 is 10.6 Å². The summed E-state index contributed by atoms with van der Waals surface area (Å²) < 4.78 is 0. The van der Waals surface area contributed by atoms with Crippen LogP contribution in [0.4, 0.5) is 11.4 Å². The minimum atomic E-state index is -0.573. The average molecular weight is 413 g/mol. The van der Waals surface area contributed by atoms with Crippen LogP contribution in [0, 0.1) is 0 Å². The van der Waals surface area contributed by atoms with Crippen LogP contribution in [0.15, 0.2) is 78.9 Å². The molecule has 31 heavy (non-hydrogen) atoms. The van der Waals surface area contributed by atoms with E-state index in [1.165, 1.54) is 6.92 Å². The van der Waals surface area contributed by atoms with Gasteiger partial charge in [0.15, 0.2) is 0 Å². The zero-order chi connectivity index (χ0) is 22.0. The summed E-state index contributed by atoms with van der Waals surface area (Å²) in [6.07, 6.45) is 0. The molecule has 0 spiro atoms. The molecular weight excluding hydrogens is 390 g/mol. The number of nitrogens with zero attached hydrogens (tertiary/aromatic N) is 1. The molecule has 3 aromatic rings. The molecule has 3 amide bonds. The molecule has 0 fully saturated rings. The maximum absolute atomic E-state index is 13.5. The number of amides is 3. The number of hydrogen-bond acceptors (Lipinski definition) is 3. The lowest BCUT2D eigenvalue weighted by atomic mass is 9.79. The number of nitrogens with one attached hydrogen (secondary N) is 2. The van der Waals surface area contributed by atoms with Crippen molar-refractivity contribution in [2.75, 3.05) is 17.7 Å². The summed E-state index contributed by atoms with van der Waals surface area (Å²) in [5.74, 6) is -1.04. The molecular formula is C25H23N3O3. The predicted molar refractivity (Wildman–Crippen MR) is 120 cm³/mol. The molecule has 1 aliphatic heterocycles. The van der Waals surface area contributed by atoms with E-state index in [2.05, 4.69) is 10.6 Å². The first-order valence-corrected chi connectivity index (χ1v) is 10.1. The molecule has 2 N–H and O–H groups in total. The van der Waals surface area contributed by atoms with Gasteiger partial charge in [-0.3, -0.25) is 14.4 Å². The van der Waals surface area contributed by atoms with E-state index in [1.54, 1.807) is 42.3 Å². The Morgan fingerprint density at radius 1 is 0.806 bits per heavy atom. The average Bonchev–Trinajstić information content (AvgIpc) is 2.77. The second-order valence-electron chi connectivity index (χ2n) is 7.58. The Hall–Kier alpha value is -3.93. The van der Waals surface area contributed by atoms with Crippen LogP contribution in [-0.4, -0.2) is 29.7 Å². The monoisotopic (exact) mass is 413 g/mol. The Morgan fingerprint density at radius 3 is 2.03 bits per heavy atom. The fourth-order valence-electron chi connectivity index (χ4n) is 4.08. The molecule has 2 atom stereocenters. The van der Waals surface area contributed by atoms with Crippen molar-refractivity contribution in [1.29, 1.82) is 0 Å². The third-order valence-electron chi connectivity index (χ3n) is 5.48. The lowest BCUT2D eigenvalue weighted by Crippen LogP contribution is -2.44. The van der Waals surface area contributed by atoms with Crippen LogP contribution in [0.3, 0.4) is 0 Å². The number of anilines is 2. The van der Waals surface area contributed by atoms with Gasteiger partial charge >= 0.3 is 0 Å². The molecule has 1 aliphatic rings. The molecule has 1 heterocycles. The quantitative estimate of drug-likeness (QED) is 0.673. The minimum Gasteiger partial charge on any atom is -0.334 e. The molecule has 156 valence electrons. The topological polar surface area (TPSA) is 78.5 Å². The summed E-state index contributed by atoms with van der Waals surface area (Å²) in [6, 6.07) is 23.4. The number of carbonyl (C=O) groups is 3. The molecule has 0 unspecified atom stereocenters. The number of fused-ring (bicyclic) bond motifs is 1. The summed E-state index contributed by atoms with van der Waals surface area (Å²) in [4.78, 5) is 39.4. The van der Waals surface area contributed by atoms with Crippen molar-refractivity contribution in [3.63, 3.8) is 0 Å². The molecule has 6 heteroatoms. The smallest absolute Gasteiger partial charge is 0.254 e. The fraction of sp³-hybridized carbons (Fsp3) is 0.160. The van der Waals surface area contributed by atoms with Crippen molar-refractivity contribution >= 4 is 29.1 Å². The second-order valence-corrected chi connectivity index (χ2v) is 7.58. The predicted octanol–water partition coefficient (Wildman–Crippen LogP) is 4.19. The Morgan fingerprint density at radius 2 is 1.39 bits per heavy atom. The maximum Gasteiger partial charge on any atom is 0.254 e. The first kappa shape index (κ1) is 20.3. The normalized spacial score (nSPS) is 17.6. The summed E-state index contributed by atoms with van der Waals surface area (Å²) >= 11 is 0. The van der Waals surface area contributed by atoms with Crippen LogP contribution in [0.1, 0.15) is 40.4 Å². The highest BCUT2D eigenvalue weighted by atomic mass is 16.2. The van der Waals surface area contributed by atoms with E-state index in [0.29, 0.717) is 22.5 Å². The van der Waals surface area contributed by atoms with Gasteiger partial charge in [0, 0.05) is 30.9 Å². The lowest BCUT2D eigenvalue weighted by Gasteiger charge is -2.39. The highest BCUT2D eigenvalue weighted by Gasteiger charge is 2.42. The number of hydrogen-bond donors (Lipinski definition) is 2. The number of rotatable bonds is 4. The number of likely N-dealkylation sites (N-methyl/N-ethyl adjacent to an activating group) is 1. The maximum atomic E-state index is 13.5. The summed E-state index contributed by atoms with van der Waals surface area (Å²) in [5.41, 5.74) is 3.42. The van der Waals surface area contributed by atoms with Gasteiger partial charge in [-0.15, -0.1) is 0 Å². The molecule has 6 nitrogen and oxygen atoms in total. The van der Waals surface area contributed by atoms with Crippen molar-refractivity contribution in [2.24, 2.45) is 0 Å². The Labute approximate surface area is 180 Å². The van der Waals surface area contributed by atoms with Gasteiger partial charge in [0.1, 0.15) is 0 Å². The molecule has 0 aromatic heterocycles. The second kappa shape index (κ2) is 8.44. The van der Waals surface area contributed by atoms with E-state index in [1.807, 2.05) is 48.5 Å². The van der Waals surface area contributed by atoms with Crippen molar-refractivity contribution in [2.45, 2.75) is 18.9 Å². The summed E-state index contributed by atoms with van der Waals surface area (Å²) in [7, 11) is 1.73. The first-order chi connectivity index (χ1) is 15.0. The van der Waals surface area contributed by atoms with Crippen LogP contribution in [0.2, 0.25) is 0 Å². The zero-order valence-corrected chi connectivity index (χ0v) is 17.3. The fourth-order valence-corrected chi connectivity index (χ4v) is 4.08. The largest absolute Gasteiger partial charge is 0.334 e. The highest BCUT2D eigenvalue weighted by molar-refractivity contribution is 6.04. The van der Waals surface area contributed by atoms with E-state index < -0.39 is 12.0 Å². The molecule has 0 saturated carbocycles. The SMILES string of the molecule is CC(=O)Nc1ccc(NC(=O)[C@H]2c3ccccc3C(=O)N(C)[C@@H]2c2ccccc2)cc1. The summed E-state index contributed by atoms with van der Waals surface area (Å²) in [6.45, 7) is 1.44. The van der Waals surface area contributed by atoms with Crippen molar-refractivity contribution in [3.05, 3.63) is 95.6 Å². The van der Waals surface area contributed by atoms with Gasteiger partial charge in [0.25, 0.3) is 5.91 Å². The van der Waals surface area contributed by atoms with Crippen molar-refractivity contribution < 1.29 is 14.4 Å². The molecule has 0 radical (unpaired) electrons. The van der Waals surface area contributed by atoms with Gasteiger partial charge in [-0.05, 0) is 41.5 Å². The van der Waals surface area contributed by atoms with Gasteiger partial charge in [0.2, 0.25) is 11.8 Å². The highest BCUT2D eigenvalue weighted by Crippen LogP contribution is 2.42. The lowest BCUT2D eigenvalue weighted by molar-refractivity contribution is -0.119. The van der Waals surface area contributed by atoms with Gasteiger partial charge in [-0.2, -0.15) is 0 Å². The van der Waals surface area contributed by atoms with Gasteiger partial charge in [-0.1, -0.05) is 48.5 Å². The molecule has 0 aliphatic carbocycles. The van der Waals surface area contributed by atoms with Crippen LogP contribution >= 0.6 is 0 Å². The number of carbonyl (C=O) groups excluding carboxylic acids is 3. The Balaban J connectivity index is 1.70. The van der Waals surface area contributed by atoms with Gasteiger partial charge in [0.05, 0.1) is 12.0 Å². The van der Waals surface area contributed by atoms with E-state index in [4.69, 9.17) is 0 Å². The first-order valence-electron chi connectivity index (χ1n) is 10.1. The zero-order valence-electron chi connectivity index (χ0n) is 17.3. The Bertz CT molecular complexity index is 1130. The minimum absolute atomic E-state index is 0.104. The van der Waals surface area contributed by atoms with Crippen molar-refractivity contribution in [1.82, 2.24) is 4.90 Å². The number of benzene rings is 3. The van der Waals surface area contributed by atoms with E-state index in [9.17, 15) is 14.4 Å². The molecule has 0 saturated heterocycles. The molecule has 0 bridgehead atoms. The van der Waals surface area contributed by atoms with E-state index >= 15 is 0 Å². The van der Waals surface area contributed by atoms with Crippen LogP contribution in [0.5, 0.6) is 0 Å². The summed E-state index contributed by atoms with van der Waals surface area (Å²) in [5, 5.41) is 5.68. The Kier molecular flexibility index (Phi) is 5.54. The van der Waals surface area contributed by atoms with E-state index in [-0.39, 0.29) is 17.7 Å². The third-order valence-corrected chi connectivity index (χ3v) is 5.48.